The second-order valence-electron chi connectivity index (χ2n) is 4.86. The Hall–Kier alpha value is -1.66. The molecule has 0 saturated carbocycles. The third kappa shape index (κ3) is 3.92. The second kappa shape index (κ2) is 6.87. The van der Waals surface area contributed by atoms with Gasteiger partial charge in [-0.15, -0.1) is 6.58 Å². The monoisotopic (exact) mass is 353 g/mol. The van der Waals surface area contributed by atoms with Gasteiger partial charge in [-0.3, -0.25) is 4.79 Å². The molecule has 1 fully saturated rings. The molecule has 2 rings (SSSR count). The van der Waals surface area contributed by atoms with Crippen LogP contribution in [-0.4, -0.2) is 36.2 Å². The Kier molecular flexibility index (Phi) is 5.14. The van der Waals surface area contributed by atoms with Gasteiger partial charge in [0.25, 0.3) is 5.91 Å². The van der Waals surface area contributed by atoms with Crippen molar-refractivity contribution >= 4 is 27.8 Å². The van der Waals surface area contributed by atoms with E-state index >= 15 is 0 Å². The van der Waals surface area contributed by atoms with E-state index in [1.165, 1.54) is 12.1 Å². The molecular weight excluding hydrogens is 338 g/mol. The van der Waals surface area contributed by atoms with Crippen LogP contribution in [-0.2, 0) is 4.74 Å². The molecule has 2 N–H and O–H groups in total. The number of amides is 1. The molecule has 6 heteroatoms. The minimum atomic E-state index is -1.07. The summed E-state index contributed by atoms with van der Waals surface area (Å²) in [7, 11) is 0. The number of rotatable bonds is 5. The van der Waals surface area contributed by atoms with Crippen LogP contribution >= 0.6 is 15.9 Å². The van der Waals surface area contributed by atoms with Crippen molar-refractivity contribution in [2.45, 2.75) is 12.5 Å². The predicted octanol–water partition coefficient (Wildman–Crippen LogP) is 2.47. The fourth-order valence-corrected chi connectivity index (χ4v) is 2.80. The van der Waals surface area contributed by atoms with Crippen LogP contribution in [0.15, 0.2) is 35.3 Å². The van der Waals surface area contributed by atoms with Gasteiger partial charge >= 0.3 is 5.97 Å². The summed E-state index contributed by atoms with van der Waals surface area (Å²) in [6.45, 7) is 4.85. The molecule has 0 radical (unpaired) electrons. The average molecular weight is 354 g/mol. The van der Waals surface area contributed by atoms with Gasteiger partial charge in [0.05, 0.1) is 11.7 Å². The van der Waals surface area contributed by atoms with Gasteiger partial charge < -0.3 is 15.2 Å². The van der Waals surface area contributed by atoms with Crippen molar-refractivity contribution in [3.05, 3.63) is 46.5 Å². The molecule has 0 unspecified atom stereocenters. The Bertz CT molecular complexity index is 573. The van der Waals surface area contributed by atoms with Crippen molar-refractivity contribution in [2.24, 2.45) is 5.92 Å². The Morgan fingerprint density at radius 1 is 1.43 bits per heavy atom. The number of ether oxygens (including phenoxy) is 1. The average Bonchev–Trinajstić information content (AvgIpc) is 2.91. The maximum atomic E-state index is 12.1. The number of halogens is 1. The number of carbonyl (C=O) groups excluding carboxylic acids is 1. The maximum absolute atomic E-state index is 12.1. The lowest BCUT2D eigenvalue weighted by Crippen LogP contribution is -2.32. The first-order valence-electron chi connectivity index (χ1n) is 6.57. The second-order valence-corrected chi connectivity index (χ2v) is 5.78. The summed E-state index contributed by atoms with van der Waals surface area (Å²) in [5.41, 5.74) is 0.388. The van der Waals surface area contributed by atoms with Gasteiger partial charge in [-0.1, -0.05) is 22.0 Å². The Morgan fingerprint density at radius 2 is 2.14 bits per heavy atom. The topological polar surface area (TPSA) is 75.6 Å². The van der Waals surface area contributed by atoms with Crippen LogP contribution in [0.1, 0.15) is 27.1 Å². The van der Waals surface area contributed by atoms with Crippen LogP contribution < -0.4 is 5.32 Å². The molecule has 0 aromatic heterocycles. The van der Waals surface area contributed by atoms with E-state index in [0.29, 0.717) is 23.2 Å². The summed E-state index contributed by atoms with van der Waals surface area (Å²) < 4.78 is 6.02. The smallest absolute Gasteiger partial charge is 0.335 e. The summed E-state index contributed by atoms with van der Waals surface area (Å²) in [5.74, 6) is -1.16. The summed E-state index contributed by atoms with van der Waals surface area (Å²) >= 11 is 3.21. The van der Waals surface area contributed by atoms with E-state index in [-0.39, 0.29) is 23.5 Å². The van der Waals surface area contributed by atoms with Gasteiger partial charge in [-0.25, -0.2) is 4.79 Å². The number of aromatic carboxylic acids is 1. The highest BCUT2D eigenvalue weighted by molar-refractivity contribution is 9.10. The zero-order chi connectivity index (χ0) is 15.4. The molecule has 2 atom stereocenters. The number of nitrogens with one attached hydrogen (secondary N) is 1. The summed E-state index contributed by atoms with van der Waals surface area (Å²) in [6.07, 6.45) is 2.57. The molecule has 0 aliphatic carbocycles. The molecule has 1 saturated heterocycles. The number of benzene rings is 1. The highest BCUT2D eigenvalue weighted by Crippen LogP contribution is 2.21. The lowest BCUT2D eigenvalue weighted by atomic mass is 10.0. The van der Waals surface area contributed by atoms with Gasteiger partial charge in [0.1, 0.15) is 0 Å². The van der Waals surface area contributed by atoms with Crippen molar-refractivity contribution in [2.75, 3.05) is 13.2 Å². The number of carboxylic acids is 1. The van der Waals surface area contributed by atoms with Crippen molar-refractivity contribution in [3.8, 4) is 0 Å². The van der Waals surface area contributed by atoms with E-state index < -0.39 is 5.97 Å². The van der Waals surface area contributed by atoms with Crippen molar-refractivity contribution in [1.82, 2.24) is 5.32 Å². The predicted molar refractivity (Wildman–Crippen MR) is 81.5 cm³/mol. The molecule has 0 bridgehead atoms. The van der Waals surface area contributed by atoms with Gasteiger partial charge in [-0.2, -0.15) is 0 Å². The van der Waals surface area contributed by atoms with E-state index in [9.17, 15) is 9.59 Å². The van der Waals surface area contributed by atoms with Gasteiger partial charge in [0.15, 0.2) is 0 Å². The van der Waals surface area contributed by atoms with E-state index in [2.05, 4.69) is 27.8 Å². The quantitative estimate of drug-likeness (QED) is 0.797. The van der Waals surface area contributed by atoms with Crippen LogP contribution in [0.2, 0.25) is 0 Å². The lowest BCUT2D eigenvalue weighted by Gasteiger charge is -2.15. The van der Waals surface area contributed by atoms with Gasteiger partial charge in [0, 0.05) is 29.1 Å². The van der Waals surface area contributed by atoms with Crippen LogP contribution in [0.4, 0.5) is 0 Å². The first kappa shape index (κ1) is 15.7. The minimum absolute atomic E-state index is 0.0395. The van der Waals surface area contributed by atoms with E-state index in [4.69, 9.17) is 9.84 Å². The Labute approximate surface area is 131 Å². The van der Waals surface area contributed by atoms with Crippen LogP contribution in [0, 0.1) is 5.92 Å². The highest BCUT2D eigenvalue weighted by Gasteiger charge is 2.26. The third-order valence-electron chi connectivity index (χ3n) is 3.43. The van der Waals surface area contributed by atoms with Crippen molar-refractivity contribution in [1.29, 1.82) is 0 Å². The molecule has 1 aromatic carbocycles. The zero-order valence-corrected chi connectivity index (χ0v) is 12.9. The minimum Gasteiger partial charge on any atom is -0.478 e. The van der Waals surface area contributed by atoms with Crippen molar-refractivity contribution < 1.29 is 19.4 Å². The van der Waals surface area contributed by atoms with E-state index in [0.717, 1.165) is 6.42 Å². The lowest BCUT2D eigenvalue weighted by molar-refractivity contribution is 0.0696. The standard InChI is InChI=1S/C15H16BrNO4/c1-2-13-9(3-4-21-13)8-17-14(18)10-5-11(15(19)20)7-12(16)6-10/h2,5-7,9,13H,1,3-4,8H2,(H,17,18)(H,19,20)/t9-,13-/m0/s1. The number of carboxylic acid groups (broad SMARTS) is 1. The molecule has 1 amide bonds. The fraction of sp³-hybridized carbons (Fsp3) is 0.333. The van der Waals surface area contributed by atoms with E-state index in [1.54, 1.807) is 12.1 Å². The Balaban J connectivity index is 2.03. The fourth-order valence-electron chi connectivity index (χ4n) is 2.30. The molecule has 1 aromatic rings. The van der Waals surface area contributed by atoms with Crippen LogP contribution in [0.3, 0.4) is 0 Å². The molecule has 1 heterocycles. The molecule has 112 valence electrons. The maximum Gasteiger partial charge on any atom is 0.335 e. The van der Waals surface area contributed by atoms with Crippen LogP contribution in [0.25, 0.3) is 0 Å². The summed E-state index contributed by atoms with van der Waals surface area (Å²) in [5, 5.41) is 11.8. The SMILES string of the molecule is C=C[C@@H]1OCC[C@H]1CNC(=O)c1cc(Br)cc(C(=O)O)c1. The zero-order valence-electron chi connectivity index (χ0n) is 11.3. The van der Waals surface area contributed by atoms with Crippen LogP contribution in [0.5, 0.6) is 0 Å². The number of hydrogen-bond donors (Lipinski definition) is 2. The molecule has 1 aliphatic rings. The first-order chi connectivity index (χ1) is 10.0. The molecule has 5 nitrogen and oxygen atoms in total. The normalized spacial score (nSPS) is 21.0. The summed E-state index contributed by atoms with van der Waals surface area (Å²) in [4.78, 5) is 23.1. The molecule has 1 aliphatic heterocycles. The van der Waals surface area contributed by atoms with E-state index in [1.807, 2.05) is 0 Å². The third-order valence-corrected chi connectivity index (χ3v) is 3.89. The molecular formula is C15H16BrNO4. The summed E-state index contributed by atoms with van der Waals surface area (Å²) in [6, 6.07) is 4.41. The molecule has 21 heavy (non-hydrogen) atoms. The largest absolute Gasteiger partial charge is 0.478 e. The number of hydrogen-bond acceptors (Lipinski definition) is 3. The number of carbonyl (C=O) groups is 2. The highest BCUT2D eigenvalue weighted by atomic mass is 79.9. The Morgan fingerprint density at radius 3 is 2.81 bits per heavy atom. The van der Waals surface area contributed by atoms with Gasteiger partial charge in [-0.05, 0) is 24.6 Å². The first-order valence-corrected chi connectivity index (χ1v) is 7.37. The van der Waals surface area contributed by atoms with Gasteiger partial charge in [0.2, 0.25) is 0 Å². The van der Waals surface area contributed by atoms with Crippen molar-refractivity contribution in [3.63, 3.8) is 0 Å². The molecule has 0 spiro atoms.